The molecule has 0 saturated heterocycles. The summed E-state index contributed by atoms with van der Waals surface area (Å²) in [5, 5.41) is 8.38. The van der Waals surface area contributed by atoms with Crippen molar-refractivity contribution < 1.29 is 9.59 Å². The van der Waals surface area contributed by atoms with Gasteiger partial charge < -0.3 is 10.3 Å². The predicted molar refractivity (Wildman–Crippen MR) is 167 cm³/mol. The van der Waals surface area contributed by atoms with Crippen LogP contribution in [0.15, 0.2) is 65.7 Å². The van der Waals surface area contributed by atoms with E-state index in [1.165, 1.54) is 54.9 Å². The molecule has 4 atom stereocenters. The highest BCUT2D eigenvalue weighted by Crippen LogP contribution is 2.41. The first-order valence-corrected chi connectivity index (χ1v) is 15.8. The summed E-state index contributed by atoms with van der Waals surface area (Å²) >= 11 is 0. The minimum atomic E-state index is 0.0649. The molecule has 4 aromatic carbocycles. The number of carbonyl (C=O) groups excluding carboxylic acids is 2. The van der Waals surface area contributed by atoms with E-state index >= 15 is 0 Å². The van der Waals surface area contributed by atoms with E-state index in [1.54, 1.807) is 0 Å². The summed E-state index contributed by atoms with van der Waals surface area (Å²) in [6.07, 6.45) is 3.94. The van der Waals surface area contributed by atoms with Crippen LogP contribution in [0.25, 0.3) is 43.9 Å². The van der Waals surface area contributed by atoms with Crippen LogP contribution in [0.4, 0.5) is 0 Å². The van der Waals surface area contributed by atoms with Crippen molar-refractivity contribution >= 4 is 61.9 Å². The van der Waals surface area contributed by atoms with Gasteiger partial charge in [0, 0.05) is 28.4 Å². The first-order chi connectivity index (χ1) is 19.7. The van der Waals surface area contributed by atoms with Gasteiger partial charge in [0.15, 0.2) is 0 Å². The Morgan fingerprint density at radius 3 is 2.30 bits per heavy atom. The fourth-order valence-corrected chi connectivity index (χ4v) is 7.77. The van der Waals surface area contributed by atoms with E-state index in [1.807, 2.05) is 0 Å². The number of aromatic amines is 1. The molecule has 196 valence electrons. The number of amidine groups is 1. The Labute approximate surface area is 234 Å². The molecule has 1 aliphatic heterocycles. The summed E-state index contributed by atoms with van der Waals surface area (Å²) in [7, 11) is 0.169. The van der Waals surface area contributed by atoms with Gasteiger partial charge in [0.1, 0.15) is 23.2 Å². The van der Waals surface area contributed by atoms with Crippen LogP contribution in [0.5, 0.6) is 0 Å². The predicted octanol–water partition coefficient (Wildman–Crippen LogP) is 5.83. The Morgan fingerprint density at radius 2 is 1.52 bits per heavy atom. The van der Waals surface area contributed by atoms with Crippen LogP contribution in [0, 0.1) is 0 Å². The average molecular weight is 561 g/mol. The highest BCUT2D eigenvalue weighted by molar-refractivity contribution is 7.71. The normalized spacial score (nSPS) is 19.4. The van der Waals surface area contributed by atoms with Gasteiger partial charge in [0.25, 0.3) is 0 Å². The molecule has 0 fully saturated rings. The van der Waals surface area contributed by atoms with Crippen molar-refractivity contribution in [2.24, 2.45) is 4.99 Å². The van der Waals surface area contributed by atoms with Crippen molar-refractivity contribution in [1.82, 2.24) is 15.3 Å². The van der Waals surface area contributed by atoms with Crippen LogP contribution < -0.4 is 10.9 Å². The summed E-state index contributed by atoms with van der Waals surface area (Å²) in [5.74, 6) is 0. The number of nitrogens with zero attached hydrogens (tertiary/aromatic N) is 2. The standard InChI is InChI=1S/C32H26N4O2P2/c37-15-39-31-33-27-7-5-21-11-23-9-17(1-3-19(23)13-25(21)29(27)35-31)18-2-4-20-14-26-22(12-24(20)10-18)6-8-28-30(26)36-32(34-28)40-16-38/h1-4,9-16,27,29,39-40H,5-8H2,(H,33,35)(H,34,36). The first kappa shape index (κ1) is 24.1. The summed E-state index contributed by atoms with van der Waals surface area (Å²) in [6.45, 7) is 0. The van der Waals surface area contributed by atoms with Crippen LogP contribution >= 0.6 is 17.2 Å². The third-order valence-corrected chi connectivity index (χ3v) is 9.87. The second kappa shape index (κ2) is 9.44. The number of aryl methyl sites for hydroxylation is 3. The largest absolute Gasteiger partial charge is 0.365 e. The lowest BCUT2D eigenvalue weighted by Gasteiger charge is -2.27. The summed E-state index contributed by atoms with van der Waals surface area (Å²) in [5.41, 5.74) is 11.3. The first-order valence-electron chi connectivity index (χ1n) is 13.6. The van der Waals surface area contributed by atoms with Gasteiger partial charge in [-0.25, -0.2) is 4.98 Å². The number of carbonyl (C=O) groups is 2. The maximum absolute atomic E-state index is 11.0. The summed E-state index contributed by atoms with van der Waals surface area (Å²) in [6, 6.07) is 25.0. The number of nitrogens with one attached hydrogen (secondary N) is 2. The Hall–Kier alpha value is -3.72. The number of hydrogen-bond donors (Lipinski definition) is 2. The highest BCUT2D eigenvalue weighted by atomic mass is 31.1. The zero-order valence-corrected chi connectivity index (χ0v) is 23.6. The molecule has 5 aromatic rings. The topological polar surface area (TPSA) is 87.2 Å². The molecule has 1 aromatic heterocycles. The van der Waals surface area contributed by atoms with Crippen LogP contribution in [0.3, 0.4) is 0 Å². The molecule has 2 aliphatic carbocycles. The number of imidazole rings is 1. The lowest BCUT2D eigenvalue weighted by Crippen LogP contribution is -2.33. The number of benzene rings is 4. The lowest BCUT2D eigenvalue weighted by atomic mass is 9.83. The maximum Gasteiger partial charge on any atom is 0.146 e. The monoisotopic (exact) mass is 560 g/mol. The van der Waals surface area contributed by atoms with E-state index in [4.69, 9.17) is 9.98 Å². The number of rotatable bonds is 5. The number of H-pyrrole nitrogens is 1. The van der Waals surface area contributed by atoms with Crippen LogP contribution in [-0.4, -0.2) is 33.6 Å². The molecule has 0 saturated carbocycles. The average Bonchev–Trinajstić information content (AvgIpc) is 3.59. The van der Waals surface area contributed by atoms with E-state index in [0.29, 0.717) is 6.04 Å². The van der Waals surface area contributed by atoms with Gasteiger partial charge in [-0.15, -0.1) is 0 Å². The SMILES string of the molecule is O=CPC1=NC2c3cc4ccc(-c5ccc6cc7c(cc6c5)CCc5[nH]c(PC=O)nc5-7)cc4cc3CCC2N1. The third-order valence-electron chi connectivity index (χ3n) is 8.58. The van der Waals surface area contributed by atoms with Crippen molar-refractivity contribution in [1.29, 1.82) is 0 Å². The van der Waals surface area contributed by atoms with Crippen molar-refractivity contribution in [3.05, 3.63) is 83.0 Å². The van der Waals surface area contributed by atoms with Crippen molar-refractivity contribution in [3.8, 4) is 22.4 Å². The molecule has 4 unspecified atom stereocenters. The van der Waals surface area contributed by atoms with E-state index < -0.39 is 0 Å². The number of hydrogen-bond acceptors (Lipinski definition) is 5. The van der Waals surface area contributed by atoms with Gasteiger partial charge in [0.05, 0.1) is 17.8 Å². The van der Waals surface area contributed by atoms with Gasteiger partial charge in [-0.2, -0.15) is 0 Å². The van der Waals surface area contributed by atoms with Gasteiger partial charge in [-0.3, -0.25) is 14.6 Å². The molecule has 8 heteroatoms. The third kappa shape index (κ3) is 3.93. The van der Waals surface area contributed by atoms with Gasteiger partial charge >= 0.3 is 0 Å². The molecular formula is C32H26N4O2P2. The van der Waals surface area contributed by atoms with E-state index in [2.05, 4.69) is 71.0 Å². The second-order valence-corrected chi connectivity index (χ2v) is 12.8. The van der Waals surface area contributed by atoms with Crippen molar-refractivity contribution in [2.45, 2.75) is 37.8 Å². The minimum absolute atomic E-state index is 0.0649. The molecule has 6 nitrogen and oxygen atoms in total. The fourth-order valence-electron chi connectivity index (χ4n) is 6.67. The molecule has 2 heterocycles. The lowest BCUT2D eigenvalue weighted by molar-refractivity contribution is 0.479. The second-order valence-electron chi connectivity index (χ2n) is 10.8. The number of aromatic nitrogens is 2. The molecular weight excluding hydrogens is 534 g/mol. The molecule has 0 spiro atoms. The molecule has 2 N–H and O–H groups in total. The van der Waals surface area contributed by atoms with Crippen molar-refractivity contribution in [3.63, 3.8) is 0 Å². The smallest absolute Gasteiger partial charge is 0.146 e. The number of aliphatic imine (C=N–C) groups is 1. The molecule has 0 radical (unpaired) electrons. The molecule has 0 amide bonds. The highest BCUT2D eigenvalue weighted by Gasteiger charge is 2.34. The summed E-state index contributed by atoms with van der Waals surface area (Å²) < 4.78 is 0. The van der Waals surface area contributed by atoms with Crippen molar-refractivity contribution in [2.75, 3.05) is 0 Å². The van der Waals surface area contributed by atoms with Crippen LogP contribution in [-0.2, 0) is 28.9 Å². The Morgan fingerprint density at radius 1 is 0.775 bits per heavy atom. The Balaban J connectivity index is 1.15. The van der Waals surface area contributed by atoms with E-state index in [0.717, 1.165) is 60.3 Å². The molecule has 8 rings (SSSR count). The Kier molecular flexibility index (Phi) is 5.69. The number of fused-ring (bicyclic) bond motifs is 8. The molecule has 0 bridgehead atoms. The zero-order chi connectivity index (χ0) is 26.8. The van der Waals surface area contributed by atoms with E-state index in [-0.39, 0.29) is 23.2 Å². The van der Waals surface area contributed by atoms with Gasteiger partial charge in [-0.05, 0) is 99.3 Å². The zero-order valence-electron chi connectivity index (χ0n) is 21.6. The quantitative estimate of drug-likeness (QED) is 0.209. The maximum atomic E-state index is 11.0. The summed E-state index contributed by atoms with van der Waals surface area (Å²) in [4.78, 5) is 35.0. The Bertz CT molecular complexity index is 1910. The van der Waals surface area contributed by atoms with Crippen LogP contribution in [0.2, 0.25) is 0 Å². The van der Waals surface area contributed by atoms with Gasteiger partial charge in [0.2, 0.25) is 0 Å². The molecule has 40 heavy (non-hydrogen) atoms. The van der Waals surface area contributed by atoms with Gasteiger partial charge in [-0.1, -0.05) is 36.4 Å². The molecule has 3 aliphatic rings. The minimum Gasteiger partial charge on any atom is -0.365 e. The van der Waals surface area contributed by atoms with E-state index in [9.17, 15) is 9.59 Å². The van der Waals surface area contributed by atoms with Crippen LogP contribution in [0.1, 0.15) is 34.8 Å². The fraction of sp³-hybridized carbons (Fsp3) is 0.188.